The maximum atomic E-state index is 13.1. The van der Waals surface area contributed by atoms with Gasteiger partial charge in [-0.1, -0.05) is 13.0 Å². The summed E-state index contributed by atoms with van der Waals surface area (Å²) in [4.78, 5) is 32.7. The Balaban J connectivity index is 1.70. The van der Waals surface area contributed by atoms with E-state index in [0.29, 0.717) is 18.0 Å². The van der Waals surface area contributed by atoms with Crippen LogP contribution in [0.4, 0.5) is 0 Å². The molecular weight excluding hydrogens is 370 g/mol. The Bertz CT molecular complexity index is 1150. The summed E-state index contributed by atoms with van der Waals surface area (Å²) in [6.45, 7) is 10.6. The molecule has 0 saturated carbocycles. The molecule has 0 fully saturated rings. The van der Waals surface area contributed by atoms with Crippen LogP contribution in [-0.4, -0.2) is 19.9 Å². The lowest BCUT2D eigenvalue weighted by atomic mass is 9.89. The van der Waals surface area contributed by atoms with E-state index in [4.69, 9.17) is 0 Å². The minimum Gasteiger partial charge on any atom is -0.345 e. The Morgan fingerprint density at radius 2 is 2.21 bits per heavy atom. The van der Waals surface area contributed by atoms with Crippen LogP contribution < -0.4 is 5.56 Å². The average Bonchev–Trinajstić information content (AvgIpc) is 3.16. The first kappa shape index (κ1) is 18.9. The van der Waals surface area contributed by atoms with Gasteiger partial charge in [-0.25, -0.2) is 4.98 Å². The number of Topliss-reactive ketones (excluding diaryl/α,β-unsaturated/α-hetero) is 1. The lowest BCUT2D eigenvalue weighted by Crippen LogP contribution is -2.25. The first-order valence-electron chi connectivity index (χ1n) is 9.71. The van der Waals surface area contributed by atoms with Gasteiger partial charge in [0.15, 0.2) is 5.78 Å². The lowest BCUT2D eigenvalue weighted by molar-refractivity contribution is 0.0970. The van der Waals surface area contributed by atoms with Crippen LogP contribution in [0.1, 0.15) is 45.5 Å². The fourth-order valence-electron chi connectivity index (χ4n) is 4.21. The second-order valence-electron chi connectivity index (χ2n) is 7.82. The molecule has 5 nitrogen and oxygen atoms in total. The summed E-state index contributed by atoms with van der Waals surface area (Å²) in [5, 5.41) is 0.722. The molecule has 28 heavy (non-hydrogen) atoms. The predicted octanol–water partition coefficient (Wildman–Crippen LogP) is 4.07. The Hall–Kier alpha value is -2.47. The molecular formula is C22H25N3O2S. The van der Waals surface area contributed by atoms with Crippen molar-refractivity contribution in [1.29, 1.82) is 0 Å². The molecule has 0 amide bonds. The molecule has 1 unspecified atom stereocenters. The number of aromatic nitrogens is 3. The molecule has 0 N–H and O–H groups in total. The largest absolute Gasteiger partial charge is 0.345 e. The molecule has 0 bridgehead atoms. The zero-order valence-electron chi connectivity index (χ0n) is 16.6. The van der Waals surface area contributed by atoms with Gasteiger partial charge in [0.25, 0.3) is 5.56 Å². The SMILES string of the molecule is C=CCn1c(C)cc(C(=O)Cn2cnc3sc4c(c3c2=O)CCC(C)C4)c1C. The first-order valence-corrected chi connectivity index (χ1v) is 10.5. The Morgan fingerprint density at radius 3 is 2.96 bits per heavy atom. The van der Waals surface area contributed by atoms with Crippen LogP contribution >= 0.6 is 11.3 Å². The summed E-state index contributed by atoms with van der Waals surface area (Å²) in [5.74, 6) is 0.583. The number of thiophene rings is 1. The second-order valence-corrected chi connectivity index (χ2v) is 8.90. The number of hydrogen-bond donors (Lipinski definition) is 0. The van der Waals surface area contributed by atoms with E-state index in [1.165, 1.54) is 15.8 Å². The van der Waals surface area contributed by atoms with Gasteiger partial charge < -0.3 is 4.57 Å². The van der Waals surface area contributed by atoms with Crippen molar-refractivity contribution >= 4 is 27.3 Å². The highest BCUT2D eigenvalue weighted by Gasteiger charge is 2.24. The molecule has 146 valence electrons. The number of rotatable bonds is 5. The van der Waals surface area contributed by atoms with Crippen molar-refractivity contribution in [3.63, 3.8) is 0 Å². The van der Waals surface area contributed by atoms with E-state index in [1.54, 1.807) is 11.3 Å². The second kappa shape index (κ2) is 7.17. The summed E-state index contributed by atoms with van der Waals surface area (Å²) in [6, 6.07) is 1.89. The molecule has 6 heteroatoms. The third kappa shape index (κ3) is 3.05. The standard InChI is InChI=1S/C22H25N3O2S/c1-5-8-25-14(3)10-17(15(25)4)18(26)11-24-12-23-21-20(22(24)27)16-7-6-13(2)9-19(16)28-21/h5,10,12-13H,1,6-9,11H2,2-4H3. The predicted molar refractivity (Wildman–Crippen MR) is 114 cm³/mol. The van der Waals surface area contributed by atoms with E-state index < -0.39 is 0 Å². The van der Waals surface area contributed by atoms with Gasteiger partial charge in [-0.05, 0) is 50.7 Å². The van der Waals surface area contributed by atoms with E-state index in [9.17, 15) is 9.59 Å². The Labute approximate surface area is 168 Å². The highest BCUT2D eigenvalue weighted by atomic mass is 32.1. The van der Waals surface area contributed by atoms with Crippen molar-refractivity contribution in [1.82, 2.24) is 14.1 Å². The molecule has 0 saturated heterocycles. The van der Waals surface area contributed by atoms with Crippen LogP contribution in [0.3, 0.4) is 0 Å². The molecule has 1 aliphatic carbocycles. The number of allylic oxidation sites excluding steroid dienone is 1. The summed E-state index contributed by atoms with van der Waals surface area (Å²) in [6.07, 6.45) is 6.38. The van der Waals surface area contributed by atoms with Crippen LogP contribution in [0.15, 0.2) is 29.8 Å². The third-order valence-corrected chi connectivity index (χ3v) is 6.94. The van der Waals surface area contributed by atoms with Gasteiger partial charge in [-0.3, -0.25) is 14.2 Å². The molecule has 0 radical (unpaired) electrons. The number of ketones is 1. The van der Waals surface area contributed by atoms with Crippen molar-refractivity contribution in [2.45, 2.75) is 53.1 Å². The van der Waals surface area contributed by atoms with Crippen molar-refractivity contribution in [3.05, 3.63) is 62.8 Å². The Morgan fingerprint density at radius 1 is 1.43 bits per heavy atom. The Kier molecular flexibility index (Phi) is 4.83. The summed E-state index contributed by atoms with van der Waals surface area (Å²) in [7, 11) is 0. The van der Waals surface area contributed by atoms with Crippen LogP contribution in [0.5, 0.6) is 0 Å². The monoisotopic (exact) mass is 395 g/mol. The number of hydrogen-bond acceptors (Lipinski definition) is 4. The van der Waals surface area contributed by atoms with Crippen molar-refractivity contribution in [3.8, 4) is 0 Å². The number of nitrogens with zero attached hydrogens (tertiary/aromatic N) is 3. The molecule has 0 aliphatic heterocycles. The number of fused-ring (bicyclic) bond motifs is 3. The van der Waals surface area contributed by atoms with E-state index in [0.717, 1.165) is 46.4 Å². The molecule has 1 aliphatic rings. The molecule has 1 atom stereocenters. The van der Waals surface area contributed by atoms with Crippen molar-refractivity contribution in [2.24, 2.45) is 5.92 Å². The smallest absolute Gasteiger partial charge is 0.262 e. The van der Waals surface area contributed by atoms with E-state index in [2.05, 4.69) is 23.1 Å². The highest BCUT2D eigenvalue weighted by molar-refractivity contribution is 7.18. The zero-order chi connectivity index (χ0) is 20.0. The highest BCUT2D eigenvalue weighted by Crippen LogP contribution is 2.35. The summed E-state index contributed by atoms with van der Waals surface area (Å²) < 4.78 is 3.52. The van der Waals surface area contributed by atoms with Gasteiger partial charge in [-0.2, -0.15) is 0 Å². The number of aryl methyl sites for hydroxylation is 2. The lowest BCUT2D eigenvalue weighted by Gasteiger charge is -2.17. The summed E-state index contributed by atoms with van der Waals surface area (Å²) in [5.41, 5.74) is 3.65. The quantitative estimate of drug-likeness (QED) is 0.483. The van der Waals surface area contributed by atoms with E-state index in [1.807, 2.05) is 26.0 Å². The van der Waals surface area contributed by atoms with Gasteiger partial charge in [0.05, 0.1) is 18.3 Å². The molecule has 3 aromatic rings. The van der Waals surface area contributed by atoms with Gasteiger partial charge in [0.1, 0.15) is 4.83 Å². The fraction of sp³-hybridized carbons (Fsp3) is 0.409. The van der Waals surface area contributed by atoms with E-state index >= 15 is 0 Å². The fourth-order valence-corrected chi connectivity index (χ4v) is 5.55. The number of carbonyl (C=O) groups excluding carboxylic acids is 1. The molecule has 3 aromatic heterocycles. The molecule has 3 heterocycles. The minimum absolute atomic E-state index is 0.0151. The third-order valence-electron chi connectivity index (χ3n) is 5.78. The maximum Gasteiger partial charge on any atom is 0.262 e. The van der Waals surface area contributed by atoms with Crippen molar-refractivity contribution < 1.29 is 4.79 Å². The maximum absolute atomic E-state index is 13.1. The van der Waals surface area contributed by atoms with Crippen LogP contribution in [-0.2, 0) is 25.9 Å². The topological polar surface area (TPSA) is 56.9 Å². The van der Waals surface area contributed by atoms with Crippen molar-refractivity contribution in [2.75, 3.05) is 0 Å². The zero-order valence-corrected chi connectivity index (χ0v) is 17.4. The number of carbonyl (C=O) groups is 1. The van der Waals surface area contributed by atoms with E-state index in [-0.39, 0.29) is 17.9 Å². The first-order chi connectivity index (χ1) is 13.4. The average molecular weight is 396 g/mol. The van der Waals surface area contributed by atoms with Crippen LogP contribution in [0, 0.1) is 19.8 Å². The molecule has 0 spiro atoms. The molecule has 0 aromatic carbocycles. The van der Waals surface area contributed by atoms with Gasteiger partial charge in [0.2, 0.25) is 0 Å². The van der Waals surface area contributed by atoms with Gasteiger partial charge >= 0.3 is 0 Å². The normalized spacial score (nSPS) is 16.3. The minimum atomic E-state index is -0.0923. The van der Waals surface area contributed by atoms with Crippen LogP contribution in [0.25, 0.3) is 10.2 Å². The van der Waals surface area contributed by atoms with Crippen LogP contribution in [0.2, 0.25) is 0 Å². The molecule has 4 rings (SSSR count). The van der Waals surface area contributed by atoms with Gasteiger partial charge in [0, 0.05) is 28.4 Å². The van der Waals surface area contributed by atoms with Gasteiger partial charge in [-0.15, -0.1) is 17.9 Å². The summed E-state index contributed by atoms with van der Waals surface area (Å²) >= 11 is 1.63.